The normalized spacial score (nSPS) is 17.8. The van der Waals surface area contributed by atoms with Crippen molar-refractivity contribution in [2.24, 2.45) is 0 Å². The minimum atomic E-state index is -3.33. The second kappa shape index (κ2) is 7.50. The molecule has 138 valence electrons. The van der Waals surface area contributed by atoms with Crippen LogP contribution in [-0.2, 0) is 21.2 Å². The molecule has 0 radical (unpaired) electrons. The molecule has 2 unspecified atom stereocenters. The molecule has 0 bridgehead atoms. The van der Waals surface area contributed by atoms with Crippen LogP contribution in [0.15, 0.2) is 48.5 Å². The Kier molecular flexibility index (Phi) is 5.32. The smallest absolute Gasteiger partial charge is 0.229 e. The molecule has 2 N–H and O–H groups in total. The van der Waals surface area contributed by atoms with Crippen LogP contribution in [0.1, 0.15) is 48.4 Å². The summed E-state index contributed by atoms with van der Waals surface area (Å²) in [5.74, 6) is -0.106. The first-order valence-corrected chi connectivity index (χ1v) is 10.7. The van der Waals surface area contributed by atoms with Gasteiger partial charge in [0, 0.05) is 5.69 Å². The average molecular weight is 372 g/mol. The summed E-state index contributed by atoms with van der Waals surface area (Å²) in [6.45, 7) is 1.91. The van der Waals surface area contributed by atoms with Crippen LogP contribution in [0.25, 0.3) is 0 Å². The Hall–Kier alpha value is -2.34. The minimum absolute atomic E-state index is 0.0196. The first kappa shape index (κ1) is 18.5. The Morgan fingerprint density at radius 2 is 1.92 bits per heavy atom. The molecule has 2 aromatic carbocycles. The van der Waals surface area contributed by atoms with E-state index in [9.17, 15) is 13.2 Å². The third kappa shape index (κ3) is 4.43. The standard InChI is InChI=1S/C20H24N2O3S/c1-14(16-9-5-10-17(13-16)22-26(2,24)25)21-20(23)19-12-6-8-15-7-3-4-11-18(15)19/h3-5,7,9-11,13-14,19,22H,6,8,12H2,1-2H3,(H,21,23). The average Bonchev–Trinajstić information content (AvgIpc) is 2.60. The maximum absolute atomic E-state index is 12.8. The third-order valence-corrected chi connectivity index (χ3v) is 5.34. The van der Waals surface area contributed by atoms with Crippen molar-refractivity contribution in [1.82, 2.24) is 5.32 Å². The molecule has 26 heavy (non-hydrogen) atoms. The SMILES string of the molecule is CC(NC(=O)C1CCCc2ccccc21)c1cccc(NS(C)(=O)=O)c1. The van der Waals surface area contributed by atoms with Gasteiger partial charge in [-0.05, 0) is 55.0 Å². The molecule has 1 aliphatic carbocycles. The highest BCUT2D eigenvalue weighted by Gasteiger charge is 2.27. The maximum atomic E-state index is 12.8. The molecule has 3 rings (SSSR count). The van der Waals surface area contributed by atoms with Gasteiger partial charge in [0.15, 0.2) is 0 Å². The molecule has 0 fully saturated rings. The highest BCUT2D eigenvalue weighted by molar-refractivity contribution is 7.92. The van der Waals surface area contributed by atoms with Crippen molar-refractivity contribution in [3.8, 4) is 0 Å². The third-order valence-electron chi connectivity index (χ3n) is 4.73. The van der Waals surface area contributed by atoms with E-state index in [1.807, 2.05) is 31.2 Å². The highest BCUT2D eigenvalue weighted by Crippen LogP contribution is 2.32. The van der Waals surface area contributed by atoms with Gasteiger partial charge < -0.3 is 5.32 Å². The molecule has 5 nitrogen and oxygen atoms in total. The summed E-state index contributed by atoms with van der Waals surface area (Å²) in [5.41, 5.74) is 3.73. The van der Waals surface area contributed by atoms with Crippen molar-refractivity contribution in [2.75, 3.05) is 11.0 Å². The lowest BCUT2D eigenvalue weighted by Crippen LogP contribution is -2.33. The number of hydrogen-bond acceptors (Lipinski definition) is 3. The van der Waals surface area contributed by atoms with Crippen molar-refractivity contribution in [1.29, 1.82) is 0 Å². The summed E-state index contributed by atoms with van der Waals surface area (Å²) < 4.78 is 25.3. The van der Waals surface area contributed by atoms with E-state index in [1.54, 1.807) is 18.2 Å². The Bertz CT molecular complexity index is 909. The molecule has 0 saturated heterocycles. The van der Waals surface area contributed by atoms with Gasteiger partial charge in [0.1, 0.15) is 0 Å². The number of sulfonamides is 1. The van der Waals surface area contributed by atoms with Crippen LogP contribution in [-0.4, -0.2) is 20.6 Å². The number of benzene rings is 2. The molecule has 0 saturated carbocycles. The van der Waals surface area contributed by atoms with E-state index >= 15 is 0 Å². The first-order valence-electron chi connectivity index (χ1n) is 8.79. The number of anilines is 1. The number of amides is 1. The topological polar surface area (TPSA) is 75.3 Å². The number of aryl methyl sites for hydroxylation is 1. The number of carbonyl (C=O) groups is 1. The molecular weight excluding hydrogens is 348 g/mol. The Balaban J connectivity index is 1.73. The summed E-state index contributed by atoms with van der Waals surface area (Å²) >= 11 is 0. The quantitative estimate of drug-likeness (QED) is 0.845. The number of rotatable bonds is 5. The molecule has 2 atom stereocenters. The predicted molar refractivity (Wildman–Crippen MR) is 104 cm³/mol. The molecule has 0 aliphatic heterocycles. The van der Waals surface area contributed by atoms with E-state index in [1.165, 1.54) is 5.56 Å². The lowest BCUT2D eigenvalue weighted by atomic mass is 9.82. The molecule has 0 spiro atoms. The molecule has 0 heterocycles. The van der Waals surface area contributed by atoms with E-state index in [4.69, 9.17) is 0 Å². The largest absolute Gasteiger partial charge is 0.349 e. The number of fused-ring (bicyclic) bond motifs is 1. The fraction of sp³-hybridized carbons (Fsp3) is 0.350. The number of carbonyl (C=O) groups excluding carboxylic acids is 1. The highest BCUT2D eigenvalue weighted by atomic mass is 32.2. The van der Waals surface area contributed by atoms with Crippen LogP contribution in [0.2, 0.25) is 0 Å². The Morgan fingerprint density at radius 3 is 2.69 bits per heavy atom. The van der Waals surface area contributed by atoms with Crippen molar-refractivity contribution in [3.63, 3.8) is 0 Å². The van der Waals surface area contributed by atoms with Crippen molar-refractivity contribution in [2.45, 2.75) is 38.1 Å². The zero-order valence-corrected chi connectivity index (χ0v) is 15.8. The summed E-state index contributed by atoms with van der Waals surface area (Å²) in [4.78, 5) is 12.8. The van der Waals surface area contributed by atoms with Crippen LogP contribution >= 0.6 is 0 Å². The fourth-order valence-electron chi connectivity index (χ4n) is 3.51. The second-order valence-corrected chi connectivity index (χ2v) is 8.62. The molecule has 2 aromatic rings. The van der Waals surface area contributed by atoms with Gasteiger partial charge in [0.25, 0.3) is 0 Å². The van der Waals surface area contributed by atoms with Gasteiger partial charge in [0.2, 0.25) is 15.9 Å². The molecule has 1 amide bonds. The monoisotopic (exact) mass is 372 g/mol. The van der Waals surface area contributed by atoms with Crippen molar-refractivity contribution >= 4 is 21.6 Å². The van der Waals surface area contributed by atoms with Crippen molar-refractivity contribution < 1.29 is 13.2 Å². The first-order chi connectivity index (χ1) is 12.3. The van der Waals surface area contributed by atoms with Gasteiger partial charge in [-0.3, -0.25) is 9.52 Å². The van der Waals surface area contributed by atoms with Gasteiger partial charge in [-0.25, -0.2) is 8.42 Å². The van der Waals surface area contributed by atoms with Gasteiger partial charge in [-0.2, -0.15) is 0 Å². The van der Waals surface area contributed by atoms with Gasteiger partial charge in [0.05, 0.1) is 18.2 Å². The number of nitrogens with one attached hydrogen (secondary N) is 2. The van der Waals surface area contributed by atoms with E-state index < -0.39 is 10.0 Å². The summed E-state index contributed by atoms with van der Waals surface area (Å²) in [5, 5.41) is 3.08. The van der Waals surface area contributed by atoms with E-state index in [0.29, 0.717) is 5.69 Å². The van der Waals surface area contributed by atoms with E-state index in [-0.39, 0.29) is 17.9 Å². The van der Waals surface area contributed by atoms with Crippen LogP contribution in [0.4, 0.5) is 5.69 Å². The maximum Gasteiger partial charge on any atom is 0.229 e. The zero-order valence-electron chi connectivity index (χ0n) is 15.0. The molecule has 0 aromatic heterocycles. The minimum Gasteiger partial charge on any atom is -0.349 e. The number of hydrogen-bond donors (Lipinski definition) is 2. The summed E-state index contributed by atoms with van der Waals surface area (Å²) in [6, 6.07) is 15.0. The fourth-order valence-corrected chi connectivity index (χ4v) is 4.06. The second-order valence-electron chi connectivity index (χ2n) is 6.87. The van der Waals surface area contributed by atoms with Crippen LogP contribution < -0.4 is 10.0 Å². The molecular formula is C20H24N2O3S. The Morgan fingerprint density at radius 1 is 1.15 bits per heavy atom. The lowest BCUT2D eigenvalue weighted by molar-refractivity contribution is -0.123. The van der Waals surface area contributed by atoms with Crippen LogP contribution in [0, 0.1) is 0 Å². The molecule has 1 aliphatic rings. The van der Waals surface area contributed by atoms with Crippen LogP contribution in [0.3, 0.4) is 0 Å². The molecule has 6 heteroatoms. The summed E-state index contributed by atoms with van der Waals surface area (Å²) in [7, 11) is -3.33. The lowest BCUT2D eigenvalue weighted by Gasteiger charge is -2.26. The van der Waals surface area contributed by atoms with Crippen LogP contribution in [0.5, 0.6) is 0 Å². The van der Waals surface area contributed by atoms with Gasteiger partial charge in [-0.1, -0.05) is 36.4 Å². The van der Waals surface area contributed by atoms with Crippen molar-refractivity contribution in [3.05, 3.63) is 65.2 Å². The Labute approximate surface area is 154 Å². The van der Waals surface area contributed by atoms with E-state index in [0.717, 1.165) is 36.6 Å². The van der Waals surface area contributed by atoms with Gasteiger partial charge in [-0.15, -0.1) is 0 Å². The van der Waals surface area contributed by atoms with Gasteiger partial charge >= 0.3 is 0 Å². The van der Waals surface area contributed by atoms with E-state index in [2.05, 4.69) is 16.1 Å². The predicted octanol–water partition coefficient (Wildman–Crippen LogP) is 3.36. The zero-order chi connectivity index (χ0) is 18.7. The summed E-state index contributed by atoms with van der Waals surface area (Å²) in [6.07, 6.45) is 4.00.